The summed E-state index contributed by atoms with van der Waals surface area (Å²) in [5.41, 5.74) is 3.09. The third kappa shape index (κ3) is 3.60. The molecule has 3 nitrogen and oxygen atoms in total. The first-order chi connectivity index (χ1) is 9.93. The van der Waals surface area contributed by atoms with Gasteiger partial charge in [-0.15, -0.1) is 0 Å². The highest BCUT2D eigenvalue weighted by molar-refractivity contribution is 6.35. The molecule has 0 aliphatic carbocycles. The molecular formula is C16H20Cl2N2O. The molecular weight excluding hydrogens is 307 g/mol. The van der Waals surface area contributed by atoms with Crippen LogP contribution in [0.3, 0.4) is 0 Å². The number of hydrogen-bond acceptors (Lipinski definition) is 3. The SMILES string of the molecule is CCC(NC(C)c1c(C)noc1C)c1ccc(Cl)cc1Cl. The van der Waals surface area contributed by atoms with E-state index in [9.17, 15) is 0 Å². The number of aromatic nitrogens is 1. The Bertz CT molecular complexity index is 605. The minimum Gasteiger partial charge on any atom is -0.361 e. The second-order valence-electron chi connectivity index (χ2n) is 5.25. The summed E-state index contributed by atoms with van der Waals surface area (Å²) in [5, 5.41) is 8.95. The van der Waals surface area contributed by atoms with Crippen LogP contribution in [0.15, 0.2) is 22.7 Å². The van der Waals surface area contributed by atoms with Gasteiger partial charge in [-0.3, -0.25) is 0 Å². The molecule has 2 rings (SSSR count). The first kappa shape index (κ1) is 16.3. The van der Waals surface area contributed by atoms with E-state index in [0.29, 0.717) is 10.0 Å². The van der Waals surface area contributed by atoms with E-state index >= 15 is 0 Å². The maximum Gasteiger partial charge on any atom is 0.138 e. The van der Waals surface area contributed by atoms with Crippen LogP contribution < -0.4 is 5.32 Å². The Kier molecular flexibility index (Phi) is 5.31. The molecule has 2 atom stereocenters. The largest absolute Gasteiger partial charge is 0.361 e. The van der Waals surface area contributed by atoms with Gasteiger partial charge in [-0.1, -0.05) is 41.3 Å². The minimum atomic E-state index is 0.132. The third-order valence-corrected chi connectivity index (χ3v) is 4.28. The molecule has 2 unspecified atom stereocenters. The van der Waals surface area contributed by atoms with Gasteiger partial charge in [0.15, 0.2) is 0 Å². The highest BCUT2D eigenvalue weighted by Crippen LogP contribution is 2.31. The molecule has 21 heavy (non-hydrogen) atoms. The Morgan fingerprint density at radius 3 is 2.52 bits per heavy atom. The van der Waals surface area contributed by atoms with Crippen molar-refractivity contribution in [3.8, 4) is 0 Å². The first-order valence-corrected chi connectivity index (χ1v) is 7.83. The van der Waals surface area contributed by atoms with Crippen molar-refractivity contribution >= 4 is 23.2 Å². The van der Waals surface area contributed by atoms with Crippen molar-refractivity contribution in [2.45, 2.75) is 46.2 Å². The van der Waals surface area contributed by atoms with Crippen molar-refractivity contribution in [1.82, 2.24) is 10.5 Å². The standard InChI is InChI=1S/C16H20Cl2N2O/c1-5-15(13-7-6-12(17)8-14(13)18)19-9(2)16-10(3)20-21-11(16)4/h6-9,15,19H,5H2,1-4H3. The van der Waals surface area contributed by atoms with Crippen LogP contribution in [-0.4, -0.2) is 5.16 Å². The monoisotopic (exact) mass is 326 g/mol. The molecule has 0 aliphatic heterocycles. The zero-order valence-corrected chi connectivity index (χ0v) is 14.2. The van der Waals surface area contributed by atoms with Crippen molar-refractivity contribution in [2.24, 2.45) is 0 Å². The van der Waals surface area contributed by atoms with Gasteiger partial charge in [0.05, 0.1) is 5.69 Å². The molecule has 114 valence electrons. The molecule has 1 heterocycles. The summed E-state index contributed by atoms with van der Waals surface area (Å²) < 4.78 is 5.24. The zero-order chi connectivity index (χ0) is 15.6. The average molecular weight is 327 g/mol. The molecule has 0 amide bonds. The molecule has 5 heteroatoms. The Morgan fingerprint density at radius 1 is 1.29 bits per heavy atom. The van der Waals surface area contributed by atoms with E-state index in [1.54, 1.807) is 6.07 Å². The maximum absolute atomic E-state index is 6.32. The van der Waals surface area contributed by atoms with Crippen LogP contribution in [0.25, 0.3) is 0 Å². The van der Waals surface area contributed by atoms with Gasteiger partial charge in [-0.2, -0.15) is 0 Å². The van der Waals surface area contributed by atoms with Crippen LogP contribution in [0.4, 0.5) is 0 Å². The van der Waals surface area contributed by atoms with Crippen molar-refractivity contribution in [1.29, 1.82) is 0 Å². The van der Waals surface area contributed by atoms with Gasteiger partial charge in [0.2, 0.25) is 0 Å². The lowest BCUT2D eigenvalue weighted by molar-refractivity contribution is 0.388. The lowest BCUT2D eigenvalue weighted by atomic mass is 10.0. The number of halogens is 2. The highest BCUT2D eigenvalue weighted by Gasteiger charge is 2.21. The van der Waals surface area contributed by atoms with Crippen molar-refractivity contribution in [3.05, 3.63) is 50.8 Å². The molecule has 0 radical (unpaired) electrons. The summed E-state index contributed by atoms with van der Waals surface area (Å²) in [6, 6.07) is 5.91. The number of nitrogens with zero attached hydrogens (tertiary/aromatic N) is 1. The van der Waals surface area contributed by atoms with Crippen LogP contribution in [0.5, 0.6) is 0 Å². The van der Waals surface area contributed by atoms with E-state index in [2.05, 4.69) is 24.3 Å². The van der Waals surface area contributed by atoms with Crippen LogP contribution in [0.2, 0.25) is 10.0 Å². The van der Waals surface area contributed by atoms with Crippen molar-refractivity contribution in [2.75, 3.05) is 0 Å². The van der Waals surface area contributed by atoms with E-state index in [1.165, 1.54) is 0 Å². The summed E-state index contributed by atoms with van der Waals surface area (Å²) >= 11 is 12.3. The molecule has 0 spiro atoms. The van der Waals surface area contributed by atoms with Crippen molar-refractivity contribution in [3.63, 3.8) is 0 Å². The molecule has 1 aromatic carbocycles. The second kappa shape index (κ2) is 6.82. The number of aryl methyl sites for hydroxylation is 2. The molecule has 0 saturated heterocycles. The van der Waals surface area contributed by atoms with E-state index in [0.717, 1.165) is 29.0 Å². The molecule has 1 aromatic heterocycles. The van der Waals surface area contributed by atoms with Crippen LogP contribution >= 0.6 is 23.2 Å². The number of hydrogen-bond donors (Lipinski definition) is 1. The fourth-order valence-electron chi connectivity index (χ4n) is 2.71. The topological polar surface area (TPSA) is 38.1 Å². The normalized spacial score (nSPS) is 14.2. The van der Waals surface area contributed by atoms with Gasteiger partial charge in [-0.25, -0.2) is 0 Å². The summed E-state index contributed by atoms with van der Waals surface area (Å²) in [7, 11) is 0. The van der Waals surface area contributed by atoms with Gasteiger partial charge in [0.1, 0.15) is 5.76 Å². The predicted molar refractivity (Wildman–Crippen MR) is 87.0 cm³/mol. The average Bonchev–Trinajstić information content (AvgIpc) is 2.76. The molecule has 0 saturated carbocycles. The number of rotatable bonds is 5. The summed E-state index contributed by atoms with van der Waals surface area (Å²) in [4.78, 5) is 0. The summed E-state index contributed by atoms with van der Waals surface area (Å²) in [6.45, 7) is 8.13. The van der Waals surface area contributed by atoms with Crippen molar-refractivity contribution < 1.29 is 4.52 Å². The van der Waals surface area contributed by atoms with Gasteiger partial charge >= 0.3 is 0 Å². The minimum absolute atomic E-state index is 0.132. The molecule has 0 fully saturated rings. The maximum atomic E-state index is 6.32. The zero-order valence-electron chi connectivity index (χ0n) is 12.7. The first-order valence-electron chi connectivity index (χ1n) is 7.07. The Balaban J connectivity index is 2.23. The Morgan fingerprint density at radius 2 is 2.00 bits per heavy atom. The van der Waals surface area contributed by atoms with Gasteiger partial charge in [0, 0.05) is 27.7 Å². The summed E-state index contributed by atoms with van der Waals surface area (Å²) in [6.07, 6.45) is 0.926. The van der Waals surface area contributed by atoms with Crippen LogP contribution in [-0.2, 0) is 0 Å². The molecule has 1 N–H and O–H groups in total. The second-order valence-corrected chi connectivity index (χ2v) is 6.10. The fraction of sp³-hybridized carbons (Fsp3) is 0.438. The fourth-order valence-corrected chi connectivity index (χ4v) is 3.25. The predicted octanol–water partition coefficient (Wildman–Crippen LogP) is 5.40. The highest BCUT2D eigenvalue weighted by atomic mass is 35.5. The van der Waals surface area contributed by atoms with Gasteiger partial charge in [-0.05, 0) is 44.9 Å². The van der Waals surface area contributed by atoms with Crippen LogP contribution in [0, 0.1) is 13.8 Å². The Labute approximate surface area is 135 Å². The van der Waals surface area contributed by atoms with Gasteiger partial charge in [0.25, 0.3) is 0 Å². The number of benzene rings is 1. The summed E-state index contributed by atoms with van der Waals surface area (Å²) in [5.74, 6) is 0.851. The molecule has 0 bridgehead atoms. The number of nitrogens with one attached hydrogen (secondary N) is 1. The Hall–Kier alpha value is -1.03. The molecule has 0 aliphatic rings. The smallest absolute Gasteiger partial charge is 0.138 e. The quantitative estimate of drug-likeness (QED) is 0.799. The van der Waals surface area contributed by atoms with E-state index in [1.807, 2.05) is 26.0 Å². The van der Waals surface area contributed by atoms with Gasteiger partial charge < -0.3 is 9.84 Å². The van der Waals surface area contributed by atoms with E-state index in [-0.39, 0.29) is 12.1 Å². The lowest BCUT2D eigenvalue weighted by Crippen LogP contribution is -2.25. The van der Waals surface area contributed by atoms with E-state index < -0.39 is 0 Å². The third-order valence-electron chi connectivity index (χ3n) is 3.72. The molecule has 2 aromatic rings. The van der Waals surface area contributed by atoms with E-state index in [4.69, 9.17) is 27.7 Å². The lowest BCUT2D eigenvalue weighted by Gasteiger charge is -2.23. The van der Waals surface area contributed by atoms with Crippen LogP contribution in [0.1, 0.15) is 54.9 Å².